The molecule has 2 heterocycles. The van der Waals surface area contributed by atoms with Crippen LogP contribution in [0.1, 0.15) is 35.3 Å². The molecule has 0 saturated heterocycles. The van der Waals surface area contributed by atoms with Gasteiger partial charge in [-0.1, -0.05) is 18.2 Å². The molecule has 0 aliphatic heterocycles. The highest BCUT2D eigenvalue weighted by atomic mass is 16.2. The first kappa shape index (κ1) is 15.5. The second-order valence-corrected chi connectivity index (χ2v) is 6.46. The molecule has 1 aliphatic carbocycles. The summed E-state index contributed by atoms with van der Waals surface area (Å²) < 4.78 is 0. The van der Waals surface area contributed by atoms with Gasteiger partial charge in [-0.15, -0.1) is 10.2 Å². The Bertz CT molecular complexity index is 965. The molecule has 25 heavy (non-hydrogen) atoms. The third kappa shape index (κ3) is 2.69. The minimum Gasteiger partial charge on any atom is -0.396 e. The molecule has 0 spiro atoms. The van der Waals surface area contributed by atoms with Gasteiger partial charge in [0.1, 0.15) is 5.52 Å². The van der Waals surface area contributed by atoms with Gasteiger partial charge in [-0.25, -0.2) is 0 Å². The van der Waals surface area contributed by atoms with Gasteiger partial charge in [0.15, 0.2) is 5.69 Å². The summed E-state index contributed by atoms with van der Waals surface area (Å²) in [5.41, 5.74) is 10.5. The number of nitrogens with one attached hydrogen (secondary N) is 1. The number of aromatic nitrogens is 3. The number of aryl methyl sites for hydroxylation is 1. The van der Waals surface area contributed by atoms with Crippen LogP contribution in [0, 0.1) is 6.92 Å². The van der Waals surface area contributed by atoms with E-state index in [9.17, 15) is 4.79 Å². The Morgan fingerprint density at radius 3 is 2.76 bits per heavy atom. The molecule has 126 valence electrons. The Morgan fingerprint density at radius 2 is 2.04 bits per heavy atom. The van der Waals surface area contributed by atoms with Crippen molar-refractivity contribution in [2.24, 2.45) is 0 Å². The molecule has 1 saturated carbocycles. The number of pyridine rings is 1. The van der Waals surface area contributed by atoms with Crippen molar-refractivity contribution in [3.05, 3.63) is 47.9 Å². The summed E-state index contributed by atoms with van der Waals surface area (Å²) in [6.45, 7) is 2.02. The van der Waals surface area contributed by atoms with Gasteiger partial charge >= 0.3 is 0 Å². The first-order chi connectivity index (χ1) is 12.1. The molecule has 1 amide bonds. The molecule has 0 bridgehead atoms. The number of nitrogens with two attached hydrogens (primary N) is 1. The molecular formula is C19H19N5O. The normalized spacial score (nSPS) is 14.3. The predicted molar refractivity (Wildman–Crippen MR) is 97.0 cm³/mol. The van der Waals surface area contributed by atoms with Crippen LogP contribution in [0.5, 0.6) is 0 Å². The Balaban J connectivity index is 1.80. The number of nitrogen functional groups attached to an aromatic ring is 1. The van der Waals surface area contributed by atoms with E-state index in [2.05, 4.69) is 20.5 Å². The fraction of sp³-hybridized carbons (Fsp3) is 0.263. The van der Waals surface area contributed by atoms with E-state index in [4.69, 9.17) is 5.73 Å². The molecule has 6 nitrogen and oxygen atoms in total. The second-order valence-electron chi connectivity index (χ2n) is 6.46. The summed E-state index contributed by atoms with van der Waals surface area (Å²) in [5.74, 6) is -0.250. The lowest BCUT2D eigenvalue weighted by Gasteiger charge is -2.26. The zero-order chi connectivity index (χ0) is 17.4. The van der Waals surface area contributed by atoms with Crippen LogP contribution in [0.25, 0.3) is 22.0 Å². The van der Waals surface area contributed by atoms with E-state index < -0.39 is 0 Å². The highest BCUT2D eigenvalue weighted by molar-refractivity contribution is 6.07. The van der Waals surface area contributed by atoms with E-state index in [1.165, 1.54) is 0 Å². The first-order valence-corrected chi connectivity index (χ1v) is 8.42. The van der Waals surface area contributed by atoms with Gasteiger partial charge in [0.05, 0.1) is 5.69 Å². The van der Waals surface area contributed by atoms with Crippen LogP contribution in [0.15, 0.2) is 36.7 Å². The third-order valence-electron chi connectivity index (χ3n) is 4.82. The topological polar surface area (TPSA) is 93.8 Å². The van der Waals surface area contributed by atoms with Crippen LogP contribution in [-0.4, -0.2) is 27.1 Å². The van der Waals surface area contributed by atoms with Gasteiger partial charge in [-0.3, -0.25) is 9.78 Å². The molecule has 2 aromatic heterocycles. The van der Waals surface area contributed by atoms with E-state index in [0.29, 0.717) is 11.2 Å². The van der Waals surface area contributed by atoms with Crippen molar-refractivity contribution >= 4 is 22.5 Å². The largest absolute Gasteiger partial charge is 0.396 e. The number of benzene rings is 1. The van der Waals surface area contributed by atoms with Crippen LogP contribution in [0.2, 0.25) is 0 Å². The fourth-order valence-corrected chi connectivity index (χ4v) is 3.09. The lowest BCUT2D eigenvalue weighted by molar-refractivity contribution is 0.0912. The van der Waals surface area contributed by atoms with E-state index in [1.54, 1.807) is 12.4 Å². The summed E-state index contributed by atoms with van der Waals surface area (Å²) in [6, 6.07) is 7.93. The van der Waals surface area contributed by atoms with Crippen molar-refractivity contribution in [2.45, 2.75) is 32.2 Å². The fourth-order valence-electron chi connectivity index (χ4n) is 3.09. The quantitative estimate of drug-likeness (QED) is 0.768. The van der Waals surface area contributed by atoms with Crippen molar-refractivity contribution in [3.63, 3.8) is 0 Å². The van der Waals surface area contributed by atoms with Crippen molar-refractivity contribution in [1.29, 1.82) is 0 Å². The highest BCUT2D eigenvalue weighted by Gasteiger charge is 2.23. The molecule has 0 radical (unpaired) electrons. The third-order valence-corrected chi connectivity index (χ3v) is 4.82. The predicted octanol–water partition coefficient (Wildman–Crippen LogP) is 2.86. The molecule has 0 atom stereocenters. The summed E-state index contributed by atoms with van der Waals surface area (Å²) in [4.78, 5) is 16.6. The Hall–Kier alpha value is -3.02. The number of hydrogen-bond donors (Lipinski definition) is 2. The van der Waals surface area contributed by atoms with E-state index in [0.717, 1.165) is 41.3 Å². The summed E-state index contributed by atoms with van der Waals surface area (Å²) in [5, 5.41) is 12.1. The standard InChI is InChI=1S/C19H19N5O/c1-11-8-9-21-10-15(11)13-6-3-7-14-16(20)18(24-23-17(13)14)19(25)22-12-4-2-5-12/h3,6-10,12H,2,4-5H2,1H3,(H2,20,23)(H,22,25). The zero-order valence-electron chi connectivity index (χ0n) is 14.0. The Labute approximate surface area is 145 Å². The minimum atomic E-state index is -0.250. The van der Waals surface area contributed by atoms with Crippen LogP contribution < -0.4 is 11.1 Å². The van der Waals surface area contributed by atoms with Crippen molar-refractivity contribution in [1.82, 2.24) is 20.5 Å². The summed E-state index contributed by atoms with van der Waals surface area (Å²) in [7, 11) is 0. The zero-order valence-corrected chi connectivity index (χ0v) is 14.0. The maximum absolute atomic E-state index is 12.4. The van der Waals surface area contributed by atoms with Gasteiger partial charge in [0.2, 0.25) is 0 Å². The number of nitrogens with zero attached hydrogens (tertiary/aromatic N) is 3. The van der Waals surface area contributed by atoms with Crippen molar-refractivity contribution in [2.75, 3.05) is 5.73 Å². The number of amides is 1. The van der Waals surface area contributed by atoms with Crippen LogP contribution in [-0.2, 0) is 0 Å². The van der Waals surface area contributed by atoms with Gasteiger partial charge in [0.25, 0.3) is 5.91 Å². The number of carbonyl (C=O) groups excluding carboxylic acids is 1. The second kappa shape index (κ2) is 6.12. The number of carbonyl (C=O) groups is 1. The number of fused-ring (bicyclic) bond motifs is 1. The molecule has 1 aromatic carbocycles. The van der Waals surface area contributed by atoms with Gasteiger partial charge in [0, 0.05) is 34.9 Å². The van der Waals surface area contributed by atoms with Gasteiger partial charge < -0.3 is 11.1 Å². The number of anilines is 1. The minimum absolute atomic E-state index is 0.194. The average Bonchev–Trinajstić information content (AvgIpc) is 2.58. The maximum atomic E-state index is 12.4. The molecule has 3 aromatic rings. The molecule has 0 unspecified atom stereocenters. The molecule has 1 aliphatic rings. The molecule has 4 rings (SSSR count). The molecule has 3 N–H and O–H groups in total. The van der Waals surface area contributed by atoms with E-state index in [-0.39, 0.29) is 17.6 Å². The smallest absolute Gasteiger partial charge is 0.274 e. The van der Waals surface area contributed by atoms with Crippen LogP contribution in [0.4, 0.5) is 5.69 Å². The van der Waals surface area contributed by atoms with Crippen molar-refractivity contribution in [3.8, 4) is 11.1 Å². The van der Waals surface area contributed by atoms with Crippen molar-refractivity contribution < 1.29 is 4.79 Å². The highest BCUT2D eigenvalue weighted by Crippen LogP contribution is 2.32. The van der Waals surface area contributed by atoms with Gasteiger partial charge in [-0.2, -0.15) is 0 Å². The van der Waals surface area contributed by atoms with Crippen LogP contribution >= 0.6 is 0 Å². The van der Waals surface area contributed by atoms with Crippen LogP contribution in [0.3, 0.4) is 0 Å². The van der Waals surface area contributed by atoms with E-state index in [1.807, 2.05) is 31.2 Å². The lowest BCUT2D eigenvalue weighted by atomic mass is 9.93. The average molecular weight is 333 g/mol. The first-order valence-electron chi connectivity index (χ1n) is 8.42. The summed E-state index contributed by atoms with van der Waals surface area (Å²) in [6.07, 6.45) is 6.73. The molecular weight excluding hydrogens is 314 g/mol. The SMILES string of the molecule is Cc1ccncc1-c1cccc2c(N)c(C(=O)NC3CCC3)nnc12. The monoisotopic (exact) mass is 333 g/mol. The molecule has 1 fully saturated rings. The maximum Gasteiger partial charge on any atom is 0.274 e. The lowest BCUT2D eigenvalue weighted by Crippen LogP contribution is -2.40. The van der Waals surface area contributed by atoms with Gasteiger partial charge in [-0.05, 0) is 37.8 Å². The summed E-state index contributed by atoms with van der Waals surface area (Å²) >= 11 is 0. The Kier molecular flexibility index (Phi) is 3.80. The molecule has 6 heteroatoms. The number of rotatable bonds is 3. The van der Waals surface area contributed by atoms with E-state index >= 15 is 0 Å². The number of hydrogen-bond acceptors (Lipinski definition) is 5. The Morgan fingerprint density at radius 1 is 1.20 bits per heavy atom.